The van der Waals surface area contributed by atoms with Crippen molar-refractivity contribution < 1.29 is 9.47 Å². The van der Waals surface area contributed by atoms with E-state index in [0.717, 1.165) is 11.5 Å². The van der Waals surface area contributed by atoms with Crippen LogP contribution in [0, 0.1) is 55.4 Å². The molecule has 4 heteroatoms. The summed E-state index contributed by atoms with van der Waals surface area (Å²) in [5, 5.41) is 5.70. The van der Waals surface area contributed by atoms with Crippen LogP contribution >= 0.6 is 15.8 Å². The summed E-state index contributed by atoms with van der Waals surface area (Å²) >= 11 is 0. The van der Waals surface area contributed by atoms with E-state index in [2.05, 4.69) is 141 Å². The molecule has 0 aromatic heterocycles. The van der Waals surface area contributed by atoms with E-state index in [1.54, 1.807) is 14.2 Å². The number of methoxy groups -OCH3 is 2. The normalized spacial score (nSPS) is 15.1. The third kappa shape index (κ3) is 6.84. The van der Waals surface area contributed by atoms with Crippen molar-refractivity contribution in [2.24, 2.45) is 0 Å². The Hall–Kier alpha value is -3.18. The molecule has 0 aliphatic heterocycles. The summed E-state index contributed by atoms with van der Waals surface area (Å²) in [5.74, 6) is 1.96. The minimum Gasteiger partial charge on any atom is -0.496 e. The highest BCUT2D eigenvalue weighted by Gasteiger charge is 2.35. The van der Waals surface area contributed by atoms with Crippen molar-refractivity contribution in [2.45, 2.75) is 73.6 Å². The van der Waals surface area contributed by atoms with Gasteiger partial charge in [0.1, 0.15) is 11.5 Å². The number of hydrogen-bond donors (Lipinski definition) is 0. The Morgan fingerprint density at radius 2 is 0.911 bits per heavy atom. The zero-order chi connectivity index (χ0) is 32.6. The van der Waals surface area contributed by atoms with Crippen molar-refractivity contribution in [3.63, 3.8) is 0 Å². The highest BCUT2D eigenvalue weighted by atomic mass is 31.1. The molecule has 0 fully saturated rings. The Labute approximate surface area is 274 Å². The second kappa shape index (κ2) is 13.7. The highest BCUT2D eigenvalue weighted by molar-refractivity contribution is 7.75. The molecule has 0 saturated heterocycles. The van der Waals surface area contributed by atoms with Gasteiger partial charge in [-0.3, -0.25) is 0 Å². The van der Waals surface area contributed by atoms with Gasteiger partial charge in [-0.25, -0.2) is 0 Å². The van der Waals surface area contributed by atoms with Gasteiger partial charge in [0, 0.05) is 11.3 Å². The molecule has 0 spiro atoms. The molecule has 1 unspecified atom stereocenters. The van der Waals surface area contributed by atoms with Gasteiger partial charge in [-0.2, -0.15) is 0 Å². The van der Waals surface area contributed by atoms with E-state index < -0.39 is 15.8 Å². The van der Waals surface area contributed by atoms with E-state index >= 15 is 0 Å². The summed E-state index contributed by atoms with van der Waals surface area (Å²) in [6, 6.07) is 23.8. The van der Waals surface area contributed by atoms with E-state index in [4.69, 9.17) is 9.47 Å². The molecule has 0 bridgehead atoms. The van der Waals surface area contributed by atoms with Crippen LogP contribution in [-0.2, 0) is 0 Å². The molecule has 4 aromatic rings. The maximum absolute atomic E-state index is 5.81. The standard InChI is InChI=1S/C41H48O2P2/c1-25-15-26(2)18-34(17-25)44(35-19-27(3)16-28(4)20-35)33(9)38-13-12-14-39(38)45(36-21-29(5)40(42-10)30(6)22-36)37-23-31(7)41(43-11)32(8)24-37/h12-24,33,39H,1-11H3/t33-,39?/m1/s1. The molecule has 0 amide bonds. The lowest BCUT2D eigenvalue weighted by molar-refractivity contribution is 0.408. The van der Waals surface area contributed by atoms with E-state index in [-0.39, 0.29) is 5.66 Å². The summed E-state index contributed by atoms with van der Waals surface area (Å²) in [6.45, 7) is 20.1. The summed E-state index contributed by atoms with van der Waals surface area (Å²) < 4.78 is 11.6. The van der Waals surface area contributed by atoms with Gasteiger partial charge in [-0.1, -0.05) is 89.4 Å². The van der Waals surface area contributed by atoms with Crippen molar-refractivity contribution in [1.82, 2.24) is 0 Å². The minimum absolute atomic E-state index is 0.288. The Bertz CT molecular complexity index is 1600. The molecule has 0 N–H and O–H groups in total. The first-order valence-electron chi connectivity index (χ1n) is 15.9. The molecular formula is C41H48O2P2. The van der Waals surface area contributed by atoms with Gasteiger partial charge in [0.15, 0.2) is 0 Å². The molecular weight excluding hydrogens is 586 g/mol. The van der Waals surface area contributed by atoms with Crippen LogP contribution in [0.2, 0.25) is 0 Å². The lowest BCUT2D eigenvalue weighted by Gasteiger charge is -2.35. The Kier molecular flexibility index (Phi) is 10.1. The largest absolute Gasteiger partial charge is 0.496 e. The summed E-state index contributed by atoms with van der Waals surface area (Å²) in [6.07, 6.45) is 7.21. The molecule has 2 nitrogen and oxygen atoms in total. The van der Waals surface area contributed by atoms with Crippen LogP contribution in [0.5, 0.6) is 11.5 Å². The van der Waals surface area contributed by atoms with Crippen molar-refractivity contribution >= 4 is 37.1 Å². The summed E-state index contributed by atoms with van der Waals surface area (Å²) in [5.41, 5.74) is 12.3. The first-order valence-corrected chi connectivity index (χ1v) is 18.7. The van der Waals surface area contributed by atoms with E-state index in [0.29, 0.717) is 5.66 Å². The maximum Gasteiger partial charge on any atom is 0.124 e. The van der Waals surface area contributed by atoms with Crippen molar-refractivity contribution in [1.29, 1.82) is 0 Å². The SMILES string of the molecule is COc1c(C)cc(P(c2cc(C)c(OC)c(C)c2)C2C=CC=C2[C@@H](C)P(c2cc(C)cc(C)c2)c2cc(C)cc(C)c2)cc1C. The Morgan fingerprint density at radius 3 is 1.27 bits per heavy atom. The van der Waals surface area contributed by atoms with Gasteiger partial charge in [0.05, 0.1) is 14.2 Å². The predicted octanol–water partition coefficient (Wildman–Crippen LogP) is 8.99. The zero-order valence-electron chi connectivity index (χ0n) is 28.9. The molecule has 0 saturated carbocycles. The second-order valence-corrected chi connectivity index (χ2v) is 17.7. The van der Waals surface area contributed by atoms with Crippen LogP contribution in [0.4, 0.5) is 0 Å². The van der Waals surface area contributed by atoms with Crippen LogP contribution in [0.1, 0.15) is 51.4 Å². The molecule has 2 atom stereocenters. The van der Waals surface area contributed by atoms with Crippen LogP contribution in [-0.4, -0.2) is 25.5 Å². The van der Waals surface area contributed by atoms with Crippen LogP contribution in [0.15, 0.2) is 84.5 Å². The topological polar surface area (TPSA) is 18.5 Å². The minimum atomic E-state index is -0.767. The van der Waals surface area contributed by atoms with E-state index in [9.17, 15) is 0 Å². The van der Waals surface area contributed by atoms with Crippen molar-refractivity contribution in [3.8, 4) is 11.5 Å². The predicted molar refractivity (Wildman–Crippen MR) is 200 cm³/mol. The summed E-state index contributed by atoms with van der Waals surface area (Å²) in [4.78, 5) is 0. The number of benzene rings is 4. The highest BCUT2D eigenvalue weighted by Crippen LogP contribution is 2.53. The molecule has 234 valence electrons. The van der Waals surface area contributed by atoms with Gasteiger partial charge < -0.3 is 9.47 Å². The fourth-order valence-electron chi connectivity index (χ4n) is 7.28. The van der Waals surface area contributed by atoms with E-state index in [1.165, 1.54) is 71.3 Å². The molecule has 0 radical (unpaired) electrons. The third-order valence-corrected chi connectivity index (χ3v) is 14.3. The van der Waals surface area contributed by atoms with Gasteiger partial charge in [-0.15, -0.1) is 0 Å². The van der Waals surface area contributed by atoms with Gasteiger partial charge in [0.2, 0.25) is 0 Å². The molecule has 5 rings (SSSR count). The molecule has 1 aliphatic carbocycles. The maximum atomic E-state index is 5.81. The van der Waals surface area contributed by atoms with Gasteiger partial charge in [-0.05, 0) is 139 Å². The van der Waals surface area contributed by atoms with Crippen molar-refractivity contribution in [2.75, 3.05) is 14.2 Å². The summed E-state index contributed by atoms with van der Waals surface area (Å²) in [7, 11) is 2.13. The Morgan fingerprint density at radius 1 is 0.533 bits per heavy atom. The lowest BCUT2D eigenvalue weighted by Crippen LogP contribution is -2.29. The number of hydrogen-bond acceptors (Lipinski definition) is 2. The third-order valence-electron chi connectivity index (χ3n) is 8.90. The average Bonchev–Trinajstić information content (AvgIpc) is 3.41. The fourth-order valence-corrected chi connectivity index (χ4v) is 13.7. The fraction of sp³-hybridized carbons (Fsp3) is 0.317. The van der Waals surface area contributed by atoms with Crippen molar-refractivity contribution in [3.05, 3.63) is 129 Å². The first kappa shape index (κ1) is 33.2. The Balaban J connectivity index is 1.69. The van der Waals surface area contributed by atoms with Crippen LogP contribution < -0.4 is 30.7 Å². The van der Waals surface area contributed by atoms with Crippen LogP contribution in [0.25, 0.3) is 0 Å². The average molecular weight is 635 g/mol. The number of allylic oxidation sites excluding steroid dienone is 4. The second-order valence-electron chi connectivity index (χ2n) is 12.8. The number of ether oxygens (including phenoxy) is 2. The molecule has 4 aromatic carbocycles. The van der Waals surface area contributed by atoms with Crippen LogP contribution in [0.3, 0.4) is 0 Å². The quantitative estimate of drug-likeness (QED) is 0.171. The zero-order valence-corrected chi connectivity index (χ0v) is 30.7. The van der Waals surface area contributed by atoms with E-state index in [1.807, 2.05) is 0 Å². The molecule has 45 heavy (non-hydrogen) atoms. The first-order chi connectivity index (χ1) is 21.4. The lowest BCUT2D eigenvalue weighted by atomic mass is 10.1. The molecule has 0 heterocycles. The smallest absolute Gasteiger partial charge is 0.124 e. The van der Waals surface area contributed by atoms with Gasteiger partial charge >= 0.3 is 0 Å². The monoisotopic (exact) mass is 634 g/mol. The molecule has 1 aliphatic rings. The van der Waals surface area contributed by atoms with Gasteiger partial charge in [0.25, 0.3) is 0 Å². The number of rotatable bonds is 9. The number of aryl methyl sites for hydroxylation is 8.